The van der Waals surface area contributed by atoms with Crippen molar-refractivity contribution in [3.8, 4) is 0 Å². The van der Waals surface area contributed by atoms with Crippen LogP contribution in [-0.2, 0) is 10.3 Å². The lowest BCUT2D eigenvalue weighted by Crippen LogP contribution is -2.47. The number of benzene rings is 1. The van der Waals surface area contributed by atoms with Crippen LogP contribution in [0.5, 0.6) is 0 Å². The second-order valence-electron chi connectivity index (χ2n) is 5.26. The molecule has 0 aliphatic carbocycles. The molecule has 1 aromatic carbocycles. The fourth-order valence-corrected chi connectivity index (χ4v) is 1.92. The maximum atomic E-state index is 11.5. The quantitative estimate of drug-likeness (QED) is 0.730. The molecule has 0 spiro atoms. The Morgan fingerprint density at radius 1 is 1.33 bits per heavy atom. The van der Waals surface area contributed by atoms with Crippen LogP contribution in [0.15, 0.2) is 30.3 Å². The molecule has 3 heteroatoms. The van der Waals surface area contributed by atoms with Crippen LogP contribution >= 0.6 is 0 Å². The van der Waals surface area contributed by atoms with Crippen LogP contribution in [0.25, 0.3) is 0 Å². The van der Waals surface area contributed by atoms with E-state index >= 15 is 0 Å². The zero-order valence-corrected chi connectivity index (χ0v) is 11.4. The zero-order chi connectivity index (χ0) is 13.6. The summed E-state index contributed by atoms with van der Waals surface area (Å²) in [5, 5.41) is 12.6. The van der Waals surface area contributed by atoms with E-state index in [2.05, 4.69) is 19.2 Å². The number of rotatable bonds is 7. The van der Waals surface area contributed by atoms with E-state index in [4.69, 9.17) is 0 Å². The van der Waals surface area contributed by atoms with E-state index in [0.717, 1.165) is 24.9 Å². The minimum absolute atomic E-state index is 0.652. The van der Waals surface area contributed by atoms with Crippen molar-refractivity contribution in [2.24, 2.45) is 5.92 Å². The van der Waals surface area contributed by atoms with E-state index < -0.39 is 11.5 Å². The van der Waals surface area contributed by atoms with Crippen molar-refractivity contribution in [1.29, 1.82) is 0 Å². The summed E-state index contributed by atoms with van der Waals surface area (Å²) in [6.07, 6.45) is 2.10. The molecule has 3 nitrogen and oxygen atoms in total. The number of carboxylic acid groups (broad SMARTS) is 1. The molecule has 0 amide bonds. The van der Waals surface area contributed by atoms with E-state index in [1.807, 2.05) is 30.3 Å². The monoisotopic (exact) mass is 249 g/mol. The van der Waals surface area contributed by atoms with Crippen LogP contribution in [-0.4, -0.2) is 17.6 Å². The van der Waals surface area contributed by atoms with Crippen LogP contribution in [0.2, 0.25) is 0 Å². The molecule has 0 radical (unpaired) electrons. The lowest BCUT2D eigenvalue weighted by atomic mass is 9.92. The van der Waals surface area contributed by atoms with Crippen LogP contribution in [0.4, 0.5) is 0 Å². The molecular weight excluding hydrogens is 226 g/mol. The molecule has 100 valence electrons. The second-order valence-corrected chi connectivity index (χ2v) is 5.26. The summed E-state index contributed by atoms with van der Waals surface area (Å²) in [5.74, 6) is -0.183. The summed E-state index contributed by atoms with van der Waals surface area (Å²) in [6.45, 7) is 6.79. The van der Waals surface area contributed by atoms with E-state index in [9.17, 15) is 9.90 Å². The summed E-state index contributed by atoms with van der Waals surface area (Å²) < 4.78 is 0. The van der Waals surface area contributed by atoms with Crippen molar-refractivity contribution >= 4 is 5.97 Å². The minimum Gasteiger partial charge on any atom is -0.480 e. The third kappa shape index (κ3) is 3.84. The maximum Gasteiger partial charge on any atom is 0.328 e. The summed E-state index contributed by atoms with van der Waals surface area (Å²) >= 11 is 0. The Balaban J connectivity index is 2.67. The van der Waals surface area contributed by atoms with Gasteiger partial charge in [0.25, 0.3) is 0 Å². The minimum atomic E-state index is -1.00. The SMILES string of the molecule is CC(C)CCCNC(C)(C(=O)O)c1ccccc1. The third-order valence-electron chi connectivity index (χ3n) is 3.22. The van der Waals surface area contributed by atoms with Crippen molar-refractivity contribution in [1.82, 2.24) is 5.32 Å². The first-order chi connectivity index (χ1) is 8.47. The van der Waals surface area contributed by atoms with Gasteiger partial charge in [-0.05, 0) is 37.8 Å². The average Bonchev–Trinajstić information content (AvgIpc) is 2.35. The third-order valence-corrected chi connectivity index (χ3v) is 3.22. The summed E-state index contributed by atoms with van der Waals surface area (Å²) in [7, 11) is 0. The molecule has 1 aromatic rings. The average molecular weight is 249 g/mol. The van der Waals surface area contributed by atoms with Gasteiger partial charge in [-0.15, -0.1) is 0 Å². The number of hydrogen-bond acceptors (Lipinski definition) is 2. The highest BCUT2D eigenvalue weighted by Crippen LogP contribution is 2.21. The van der Waals surface area contributed by atoms with Crippen molar-refractivity contribution in [2.75, 3.05) is 6.54 Å². The van der Waals surface area contributed by atoms with Crippen molar-refractivity contribution in [2.45, 2.75) is 39.2 Å². The Labute approximate surface area is 109 Å². The fraction of sp³-hybridized carbons (Fsp3) is 0.533. The Hall–Kier alpha value is -1.35. The number of carboxylic acids is 1. The number of nitrogens with one attached hydrogen (secondary N) is 1. The van der Waals surface area contributed by atoms with Gasteiger partial charge in [-0.2, -0.15) is 0 Å². The molecule has 1 atom stereocenters. The van der Waals surface area contributed by atoms with Crippen LogP contribution in [0.1, 0.15) is 39.2 Å². The molecule has 0 bridgehead atoms. The maximum absolute atomic E-state index is 11.5. The van der Waals surface area contributed by atoms with Gasteiger partial charge in [0.05, 0.1) is 0 Å². The molecule has 0 fully saturated rings. The standard InChI is InChI=1S/C15H23NO2/c1-12(2)8-7-11-16-15(3,14(17)18)13-9-5-4-6-10-13/h4-6,9-10,12,16H,7-8,11H2,1-3H3,(H,17,18). The van der Waals surface area contributed by atoms with Crippen molar-refractivity contribution in [3.05, 3.63) is 35.9 Å². The van der Waals surface area contributed by atoms with E-state index in [1.165, 1.54) is 0 Å². The first kappa shape index (κ1) is 14.7. The van der Waals surface area contributed by atoms with E-state index in [-0.39, 0.29) is 0 Å². The predicted molar refractivity (Wildman–Crippen MR) is 73.5 cm³/mol. The highest BCUT2D eigenvalue weighted by Gasteiger charge is 2.34. The largest absolute Gasteiger partial charge is 0.480 e. The predicted octanol–water partition coefficient (Wildman–Crippen LogP) is 3.01. The first-order valence-corrected chi connectivity index (χ1v) is 6.50. The zero-order valence-electron chi connectivity index (χ0n) is 11.4. The molecule has 0 aliphatic rings. The molecular formula is C15H23NO2. The highest BCUT2D eigenvalue weighted by atomic mass is 16.4. The molecule has 0 aliphatic heterocycles. The van der Waals surface area contributed by atoms with Crippen molar-refractivity contribution < 1.29 is 9.90 Å². The van der Waals surface area contributed by atoms with Crippen LogP contribution < -0.4 is 5.32 Å². The summed E-state index contributed by atoms with van der Waals surface area (Å²) in [5.41, 5.74) is -0.208. The van der Waals surface area contributed by atoms with Crippen LogP contribution in [0.3, 0.4) is 0 Å². The molecule has 0 saturated heterocycles. The van der Waals surface area contributed by atoms with Crippen molar-refractivity contribution in [3.63, 3.8) is 0 Å². The molecule has 1 unspecified atom stereocenters. The molecule has 2 N–H and O–H groups in total. The normalized spacial score (nSPS) is 14.4. The fourth-order valence-electron chi connectivity index (χ4n) is 1.92. The Kier molecular flexibility index (Phi) is 5.35. The van der Waals surface area contributed by atoms with Gasteiger partial charge >= 0.3 is 5.97 Å². The van der Waals surface area contributed by atoms with Gasteiger partial charge in [-0.3, -0.25) is 5.32 Å². The van der Waals surface area contributed by atoms with Gasteiger partial charge in [0.2, 0.25) is 0 Å². The Bertz CT molecular complexity index is 375. The molecule has 18 heavy (non-hydrogen) atoms. The topological polar surface area (TPSA) is 49.3 Å². The van der Waals surface area contributed by atoms with Gasteiger partial charge in [-0.25, -0.2) is 4.79 Å². The lowest BCUT2D eigenvalue weighted by molar-refractivity contribution is -0.144. The lowest BCUT2D eigenvalue weighted by Gasteiger charge is -2.27. The number of carbonyl (C=O) groups is 1. The molecule has 0 saturated carbocycles. The van der Waals surface area contributed by atoms with Gasteiger partial charge in [0.15, 0.2) is 0 Å². The van der Waals surface area contributed by atoms with Crippen LogP contribution in [0, 0.1) is 5.92 Å². The Morgan fingerprint density at radius 3 is 2.44 bits per heavy atom. The van der Waals surface area contributed by atoms with E-state index in [1.54, 1.807) is 6.92 Å². The van der Waals surface area contributed by atoms with Gasteiger partial charge in [0.1, 0.15) is 5.54 Å². The van der Waals surface area contributed by atoms with Gasteiger partial charge in [-0.1, -0.05) is 44.2 Å². The number of hydrogen-bond donors (Lipinski definition) is 2. The first-order valence-electron chi connectivity index (χ1n) is 6.50. The molecule has 0 aromatic heterocycles. The molecule has 0 heterocycles. The Morgan fingerprint density at radius 2 is 1.94 bits per heavy atom. The number of aliphatic carboxylic acids is 1. The highest BCUT2D eigenvalue weighted by molar-refractivity contribution is 5.80. The second kappa shape index (κ2) is 6.55. The smallest absolute Gasteiger partial charge is 0.328 e. The molecule has 1 rings (SSSR count). The summed E-state index contributed by atoms with van der Waals surface area (Å²) in [4.78, 5) is 11.5. The van der Waals surface area contributed by atoms with E-state index in [0.29, 0.717) is 5.92 Å². The van der Waals surface area contributed by atoms with Gasteiger partial charge in [0, 0.05) is 0 Å². The summed E-state index contributed by atoms with van der Waals surface area (Å²) in [6, 6.07) is 9.33. The van der Waals surface area contributed by atoms with Gasteiger partial charge < -0.3 is 5.11 Å².